The first kappa shape index (κ1) is 20.2. The number of guanidine groups is 1. The Morgan fingerprint density at radius 3 is 2.73 bits per heavy atom. The summed E-state index contributed by atoms with van der Waals surface area (Å²) in [6, 6.07) is 9.65. The molecule has 1 aromatic rings. The van der Waals surface area contributed by atoms with E-state index in [2.05, 4.69) is 28.6 Å². The number of nitrogens with zero attached hydrogens (tertiary/aromatic N) is 2. The molecule has 0 unspecified atom stereocenters. The van der Waals surface area contributed by atoms with E-state index in [0.29, 0.717) is 18.0 Å². The van der Waals surface area contributed by atoms with Crippen molar-refractivity contribution in [1.29, 1.82) is 5.26 Å². The van der Waals surface area contributed by atoms with Gasteiger partial charge in [-0.1, -0.05) is 12.1 Å². The first-order valence-corrected chi connectivity index (χ1v) is 9.48. The number of nitriles is 1. The maximum atomic E-state index is 8.84. The maximum Gasteiger partial charge on any atom is 0.191 e. The van der Waals surface area contributed by atoms with Gasteiger partial charge in [0, 0.05) is 39.5 Å². The SMILES string of the molecule is CCNC(=NCc1ccc(C#N)cc1)NCCCOCC1CCOCC1. The lowest BCUT2D eigenvalue weighted by atomic mass is 10.0. The second kappa shape index (κ2) is 12.3. The van der Waals surface area contributed by atoms with Gasteiger partial charge in [-0.25, -0.2) is 4.99 Å². The van der Waals surface area contributed by atoms with Gasteiger partial charge in [-0.15, -0.1) is 0 Å². The molecule has 1 aromatic carbocycles. The van der Waals surface area contributed by atoms with E-state index in [-0.39, 0.29) is 0 Å². The van der Waals surface area contributed by atoms with Crippen LogP contribution >= 0.6 is 0 Å². The van der Waals surface area contributed by atoms with Crippen LogP contribution in [-0.4, -0.2) is 45.5 Å². The molecule has 2 rings (SSSR count). The fourth-order valence-corrected chi connectivity index (χ4v) is 2.74. The van der Waals surface area contributed by atoms with Gasteiger partial charge in [0.1, 0.15) is 0 Å². The molecular formula is C20H30N4O2. The summed E-state index contributed by atoms with van der Waals surface area (Å²) in [6.45, 7) is 7.63. The number of ether oxygens (including phenoxy) is 2. The second-order valence-electron chi connectivity index (χ2n) is 6.41. The minimum atomic E-state index is 0.585. The van der Waals surface area contributed by atoms with Crippen molar-refractivity contribution in [1.82, 2.24) is 10.6 Å². The number of benzene rings is 1. The Morgan fingerprint density at radius 1 is 1.27 bits per heavy atom. The Balaban J connectivity index is 1.63. The third kappa shape index (κ3) is 7.85. The van der Waals surface area contributed by atoms with Crippen LogP contribution in [0.3, 0.4) is 0 Å². The summed E-state index contributed by atoms with van der Waals surface area (Å²) < 4.78 is 11.1. The predicted molar refractivity (Wildman–Crippen MR) is 103 cm³/mol. The lowest BCUT2D eigenvalue weighted by Gasteiger charge is -2.21. The summed E-state index contributed by atoms with van der Waals surface area (Å²) >= 11 is 0. The van der Waals surface area contributed by atoms with Gasteiger partial charge in [0.2, 0.25) is 0 Å². The Bertz CT molecular complexity index is 574. The van der Waals surface area contributed by atoms with Crippen molar-refractivity contribution in [2.24, 2.45) is 10.9 Å². The lowest BCUT2D eigenvalue weighted by molar-refractivity contribution is 0.0203. The van der Waals surface area contributed by atoms with E-state index in [0.717, 1.165) is 70.3 Å². The number of aliphatic imine (C=N–C) groups is 1. The molecule has 1 heterocycles. The van der Waals surface area contributed by atoms with E-state index in [1.54, 1.807) is 0 Å². The van der Waals surface area contributed by atoms with Crippen LogP contribution in [-0.2, 0) is 16.0 Å². The average molecular weight is 358 g/mol. The highest BCUT2D eigenvalue weighted by atomic mass is 16.5. The van der Waals surface area contributed by atoms with Crippen molar-refractivity contribution >= 4 is 5.96 Å². The van der Waals surface area contributed by atoms with Crippen molar-refractivity contribution in [2.75, 3.05) is 39.5 Å². The maximum absolute atomic E-state index is 8.84. The van der Waals surface area contributed by atoms with Crippen molar-refractivity contribution in [3.05, 3.63) is 35.4 Å². The summed E-state index contributed by atoms with van der Waals surface area (Å²) in [5, 5.41) is 15.4. The molecule has 0 bridgehead atoms. The highest BCUT2D eigenvalue weighted by Crippen LogP contribution is 2.14. The zero-order chi connectivity index (χ0) is 18.5. The lowest BCUT2D eigenvalue weighted by Crippen LogP contribution is -2.38. The molecule has 142 valence electrons. The van der Waals surface area contributed by atoms with Gasteiger partial charge in [0.15, 0.2) is 5.96 Å². The molecule has 0 aromatic heterocycles. The fourth-order valence-electron chi connectivity index (χ4n) is 2.74. The van der Waals surface area contributed by atoms with E-state index in [1.165, 1.54) is 0 Å². The standard InChI is InChI=1S/C20H30N4O2/c1-2-22-20(24-15-18-6-4-17(14-21)5-7-18)23-10-3-11-26-16-19-8-12-25-13-9-19/h4-7,19H,2-3,8-13,15-16H2,1H3,(H2,22,23,24). The van der Waals surface area contributed by atoms with E-state index >= 15 is 0 Å². The molecule has 2 N–H and O–H groups in total. The van der Waals surface area contributed by atoms with Gasteiger partial charge in [-0.2, -0.15) is 5.26 Å². The first-order chi connectivity index (χ1) is 12.8. The Hall–Kier alpha value is -2.10. The Kier molecular flexibility index (Phi) is 9.55. The Labute approximate surface area is 156 Å². The van der Waals surface area contributed by atoms with Crippen LogP contribution in [0.5, 0.6) is 0 Å². The van der Waals surface area contributed by atoms with Crippen LogP contribution in [0.25, 0.3) is 0 Å². The third-order valence-corrected chi connectivity index (χ3v) is 4.30. The summed E-state index contributed by atoms with van der Waals surface area (Å²) in [5.41, 5.74) is 1.75. The van der Waals surface area contributed by atoms with Crippen LogP contribution in [0.15, 0.2) is 29.3 Å². The van der Waals surface area contributed by atoms with Crippen LogP contribution in [0, 0.1) is 17.2 Å². The third-order valence-electron chi connectivity index (χ3n) is 4.30. The van der Waals surface area contributed by atoms with E-state index < -0.39 is 0 Å². The molecule has 0 saturated carbocycles. The van der Waals surface area contributed by atoms with Crippen molar-refractivity contribution < 1.29 is 9.47 Å². The van der Waals surface area contributed by atoms with Gasteiger partial charge in [-0.3, -0.25) is 0 Å². The minimum Gasteiger partial charge on any atom is -0.381 e. The molecule has 1 saturated heterocycles. The monoisotopic (exact) mass is 358 g/mol. The molecule has 0 spiro atoms. The predicted octanol–water partition coefficient (Wildman–Crippen LogP) is 2.45. The van der Waals surface area contributed by atoms with Crippen molar-refractivity contribution in [3.63, 3.8) is 0 Å². The van der Waals surface area contributed by atoms with Crippen LogP contribution < -0.4 is 10.6 Å². The van der Waals surface area contributed by atoms with Crippen LogP contribution in [0.2, 0.25) is 0 Å². The van der Waals surface area contributed by atoms with Crippen molar-refractivity contribution in [3.8, 4) is 6.07 Å². The van der Waals surface area contributed by atoms with Gasteiger partial charge in [0.25, 0.3) is 0 Å². The first-order valence-electron chi connectivity index (χ1n) is 9.48. The Morgan fingerprint density at radius 2 is 2.04 bits per heavy atom. The molecule has 6 heteroatoms. The number of nitrogens with one attached hydrogen (secondary N) is 2. The largest absolute Gasteiger partial charge is 0.381 e. The molecule has 0 amide bonds. The molecule has 6 nitrogen and oxygen atoms in total. The average Bonchev–Trinajstić information content (AvgIpc) is 2.69. The highest BCUT2D eigenvalue weighted by molar-refractivity contribution is 5.79. The molecular weight excluding hydrogens is 328 g/mol. The second-order valence-corrected chi connectivity index (χ2v) is 6.41. The summed E-state index contributed by atoms with van der Waals surface area (Å²) in [4.78, 5) is 4.59. The van der Waals surface area contributed by atoms with Crippen LogP contribution in [0.1, 0.15) is 37.3 Å². The topological polar surface area (TPSA) is 78.7 Å². The smallest absolute Gasteiger partial charge is 0.191 e. The van der Waals surface area contributed by atoms with Gasteiger partial charge in [0.05, 0.1) is 18.2 Å². The molecule has 1 aliphatic heterocycles. The summed E-state index contributed by atoms with van der Waals surface area (Å²) in [6.07, 6.45) is 3.18. The number of hydrogen-bond acceptors (Lipinski definition) is 4. The van der Waals surface area contributed by atoms with Crippen molar-refractivity contribution in [2.45, 2.75) is 32.7 Å². The fraction of sp³-hybridized carbons (Fsp3) is 0.600. The minimum absolute atomic E-state index is 0.585. The van der Waals surface area contributed by atoms with E-state index in [1.807, 2.05) is 24.3 Å². The van der Waals surface area contributed by atoms with Gasteiger partial charge >= 0.3 is 0 Å². The summed E-state index contributed by atoms with van der Waals surface area (Å²) in [5.74, 6) is 1.46. The van der Waals surface area contributed by atoms with E-state index in [9.17, 15) is 0 Å². The molecule has 0 aliphatic carbocycles. The molecule has 1 aliphatic rings. The van der Waals surface area contributed by atoms with Crippen LogP contribution in [0.4, 0.5) is 0 Å². The molecule has 26 heavy (non-hydrogen) atoms. The van der Waals surface area contributed by atoms with Gasteiger partial charge < -0.3 is 20.1 Å². The normalized spacial score (nSPS) is 15.5. The molecule has 0 atom stereocenters. The molecule has 1 fully saturated rings. The zero-order valence-corrected chi connectivity index (χ0v) is 15.7. The molecule has 0 radical (unpaired) electrons. The number of rotatable bonds is 9. The zero-order valence-electron chi connectivity index (χ0n) is 15.7. The number of hydrogen-bond donors (Lipinski definition) is 2. The quantitative estimate of drug-likeness (QED) is 0.403. The highest BCUT2D eigenvalue weighted by Gasteiger charge is 2.13. The van der Waals surface area contributed by atoms with Gasteiger partial charge in [-0.05, 0) is 49.8 Å². The summed E-state index contributed by atoms with van der Waals surface area (Å²) in [7, 11) is 0. The van der Waals surface area contributed by atoms with E-state index in [4.69, 9.17) is 14.7 Å².